The van der Waals surface area contributed by atoms with Crippen molar-refractivity contribution in [2.75, 3.05) is 13.2 Å². The fourth-order valence-electron chi connectivity index (χ4n) is 3.48. The number of nitrogens with zero attached hydrogens (tertiary/aromatic N) is 2. The highest BCUT2D eigenvalue weighted by Gasteiger charge is 2.34. The van der Waals surface area contributed by atoms with Crippen LogP contribution in [0, 0.1) is 6.92 Å². The summed E-state index contributed by atoms with van der Waals surface area (Å²) in [6.45, 7) is 3.39. The molecule has 170 valence electrons. The lowest BCUT2D eigenvalue weighted by molar-refractivity contribution is -0.139. The third kappa shape index (κ3) is 4.83. The van der Waals surface area contributed by atoms with E-state index in [9.17, 15) is 14.4 Å². The molecule has 1 aromatic carbocycles. The molecule has 2 aromatic heterocycles. The van der Waals surface area contributed by atoms with E-state index in [1.165, 1.54) is 0 Å². The van der Waals surface area contributed by atoms with Crippen LogP contribution in [0.25, 0.3) is 5.65 Å². The van der Waals surface area contributed by atoms with Gasteiger partial charge in [0, 0.05) is 17.4 Å². The fourth-order valence-corrected chi connectivity index (χ4v) is 3.61. The number of nitrogens with one attached hydrogen (secondary N) is 2. The summed E-state index contributed by atoms with van der Waals surface area (Å²) in [5.41, 5.74) is 2.60. The number of aromatic nitrogens is 2. The fraction of sp³-hybridized carbons (Fsp3) is 0.217. The largest absolute Gasteiger partial charge is 0.463 e. The maximum absolute atomic E-state index is 12.8. The van der Waals surface area contributed by atoms with E-state index in [0.717, 1.165) is 5.56 Å². The third-order valence-electron chi connectivity index (χ3n) is 5.02. The van der Waals surface area contributed by atoms with Gasteiger partial charge in [0.1, 0.15) is 12.3 Å². The average molecular weight is 469 g/mol. The number of halogens is 1. The number of aryl methyl sites for hydroxylation is 1. The Morgan fingerprint density at radius 3 is 2.64 bits per heavy atom. The molecule has 0 spiro atoms. The molecule has 1 aliphatic heterocycles. The summed E-state index contributed by atoms with van der Waals surface area (Å²) in [5, 5.41) is 5.78. The number of amides is 2. The highest BCUT2D eigenvalue weighted by molar-refractivity contribution is 6.30. The minimum atomic E-state index is -0.804. The molecule has 3 aromatic rings. The van der Waals surface area contributed by atoms with Crippen LogP contribution in [0.3, 0.4) is 0 Å². The van der Waals surface area contributed by atoms with Gasteiger partial charge in [-0.15, -0.1) is 0 Å². The number of fused-ring (bicyclic) bond motifs is 1. The van der Waals surface area contributed by atoms with Crippen LogP contribution in [0.1, 0.15) is 34.6 Å². The Morgan fingerprint density at radius 2 is 1.91 bits per heavy atom. The third-order valence-corrected chi connectivity index (χ3v) is 5.28. The van der Waals surface area contributed by atoms with Crippen LogP contribution in [0.15, 0.2) is 60.1 Å². The van der Waals surface area contributed by atoms with E-state index in [1.807, 2.05) is 19.1 Å². The first kappa shape index (κ1) is 22.3. The molecule has 0 fully saturated rings. The van der Waals surface area contributed by atoms with E-state index in [4.69, 9.17) is 21.1 Å². The van der Waals surface area contributed by atoms with Crippen molar-refractivity contribution in [3.63, 3.8) is 0 Å². The van der Waals surface area contributed by atoms with Crippen LogP contribution in [0.4, 0.5) is 4.79 Å². The summed E-state index contributed by atoms with van der Waals surface area (Å²) in [6, 6.07) is 9.07. The predicted molar refractivity (Wildman–Crippen MR) is 120 cm³/mol. The Morgan fingerprint density at radius 1 is 1.15 bits per heavy atom. The molecule has 4 rings (SSSR count). The highest BCUT2D eigenvalue weighted by atomic mass is 35.5. The second-order valence-corrected chi connectivity index (χ2v) is 7.80. The number of urea groups is 1. The van der Waals surface area contributed by atoms with E-state index < -0.39 is 24.0 Å². The van der Waals surface area contributed by atoms with E-state index >= 15 is 0 Å². The van der Waals surface area contributed by atoms with Crippen molar-refractivity contribution < 1.29 is 23.9 Å². The summed E-state index contributed by atoms with van der Waals surface area (Å²) in [6.07, 6.45) is 3.34. The molecule has 0 saturated heterocycles. The molecular formula is C23H21ClN4O5. The minimum absolute atomic E-state index is 0.105. The minimum Gasteiger partial charge on any atom is -0.463 e. The van der Waals surface area contributed by atoms with Gasteiger partial charge in [-0.25, -0.2) is 19.4 Å². The van der Waals surface area contributed by atoms with Crippen molar-refractivity contribution in [1.29, 1.82) is 0 Å². The number of pyridine rings is 1. The maximum atomic E-state index is 12.8. The molecule has 33 heavy (non-hydrogen) atoms. The molecule has 0 bridgehead atoms. The van der Waals surface area contributed by atoms with Gasteiger partial charge in [0.05, 0.1) is 23.9 Å². The monoisotopic (exact) mass is 468 g/mol. The number of carbonyl (C=O) groups is 3. The van der Waals surface area contributed by atoms with Crippen molar-refractivity contribution >= 4 is 35.2 Å². The molecule has 2 amide bonds. The van der Waals surface area contributed by atoms with Gasteiger partial charge in [-0.3, -0.25) is 0 Å². The van der Waals surface area contributed by atoms with E-state index in [-0.39, 0.29) is 30.2 Å². The summed E-state index contributed by atoms with van der Waals surface area (Å²) < 4.78 is 12.3. The first-order valence-corrected chi connectivity index (χ1v) is 10.6. The van der Waals surface area contributed by atoms with Crippen LogP contribution >= 0.6 is 11.6 Å². The Bertz CT molecular complexity index is 1270. The topological polar surface area (TPSA) is 111 Å². The van der Waals surface area contributed by atoms with E-state index in [2.05, 4.69) is 15.6 Å². The zero-order chi connectivity index (χ0) is 23.5. The van der Waals surface area contributed by atoms with Crippen molar-refractivity contribution in [2.24, 2.45) is 0 Å². The predicted octanol–water partition coefficient (Wildman–Crippen LogP) is 3.32. The second-order valence-electron chi connectivity index (χ2n) is 7.37. The number of esters is 2. The number of carbonyl (C=O) groups excluding carboxylic acids is 3. The van der Waals surface area contributed by atoms with Crippen molar-refractivity contribution in [1.82, 2.24) is 20.0 Å². The average Bonchev–Trinajstić information content (AvgIpc) is 3.21. The van der Waals surface area contributed by atoms with Gasteiger partial charge < -0.3 is 24.5 Å². The Labute approximate surface area is 194 Å². The van der Waals surface area contributed by atoms with Gasteiger partial charge in [0.25, 0.3) is 0 Å². The van der Waals surface area contributed by atoms with Gasteiger partial charge in [-0.2, -0.15) is 0 Å². The lowest BCUT2D eigenvalue weighted by atomic mass is 9.95. The van der Waals surface area contributed by atoms with Gasteiger partial charge in [-0.05, 0) is 49.2 Å². The Balaban J connectivity index is 1.62. The Hall–Kier alpha value is -3.85. The zero-order valence-corrected chi connectivity index (χ0v) is 18.7. The van der Waals surface area contributed by atoms with Crippen LogP contribution < -0.4 is 10.6 Å². The number of imidazole rings is 1. The number of hydrogen-bond donors (Lipinski definition) is 2. The number of benzene rings is 1. The van der Waals surface area contributed by atoms with Crippen molar-refractivity contribution in [2.45, 2.75) is 19.9 Å². The van der Waals surface area contributed by atoms with Crippen LogP contribution in [-0.2, 0) is 14.3 Å². The molecule has 0 radical (unpaired) electrons. The van der Waals surface area contributed by atoms with E-state index in [1.54, 1.807) is 48.0 Å². The number of rotatable bonds is 6. The zero-order valence-electron chi connectivity index (χ0n) is 17.9. The van der Waals surface area contributed by atoms with Gasteiger partial charge in [-0.1, -0.05) is 23.7 Å². The summed E-state index contributed by atoms with van der Waals surface area (Å²) in [5.74, 6) is -1.33. The summed E-state index contributed by atoms with van der Waals surface area (Å²) >= 11 is 5.97. The summed E-state index contributed by atoms with van der Waals surface area (Å²) in [7, 11) is 0. The molecule has 0 saturated carbocycles. The van der Waals surface area contributed by atoms with Gasteiger partial charge in [0.15, 0.2) is 5.69 Å². The smallest absolute Gasteiger partial charge is 0.358 e. The molecule has 3 heterocycles. The van der Waals surface area contributed by atoms with E-state index in [0.29, 0.717) is 16.2 Å². The number of hydrogen-bond acceptors (Lipinski definition) is 6. The molecule has 1 aliphatic rings. The molecular weight excluding hydrogens is 448 g/mol. The molecule has 1 atom stereocenters. The van der Waals surface area contributed by atoms with Crippen molar-refractivity contribution in [3.8, 4) is 0 Å². The van der Waals surface area contributed by atoms with Crippen molar-refractivity contribution in [3.05, 3.63) is 81.9 Å². The normalized spacial score (nSPS) is 15.7. The van der Waals surface area contributed by atoms with Crippen LogP contribution in [0.2, 0.25) is 5.02 Å². The molecule has 2 N–H and O–H groups in total. The molecule has 10 heteroatoms. The quantitative estimate of drug-likeness (QED) is 0.537. The van der Waals surface area contributed by atoms with Gasteiger partial charge in [0.2, 0.25) is 0 Å². The lowest BCUT2D eigenvalue weighted by Crippen LogP contribution is -2.47. The maximum Gasteiger partial charge on any atom is 0.358 e. The molecule has 1 unspecified atom stereocenters. The molecule has 9 nitrogen and oxygen atoms in total. The first-order valence-electron chi connectivity index (χ1n) is 10.2. The number of ether oxygens (including phenoxy) is 2. The second kappa shape index (κ2) is 9.33. The standard InChI is InChI=1S/C23H21ClN4O5/c1-3-32-22(30)19-17(26-23(31)27-20(19)14-4-6-15(24)7-5-14)12-33-21(29)16-11-28-9-8-13(2)10-18(28)25-16/h4-11,20H,3,12H2,1-2H3,(H2,26,27,31). The SMILES string of the molecule is CCOC(=O)C1=C(COC(=O)c2cn3ccc(C)cc3n2)NC(=O)NC1c1ccc(Cl)cc1. The Kier molecular flexibility index (Phi) is 6.32. The van der Waals surface area contributed by atoms with Gasteiger partial charge >= 0.3 is 18.0 Å². The highest BCUT2D eigenvalue weighted by Crippen LogP contribution is 2.29. The summed E-state index contributed by atoms with van der Waals surface area (Å²) in [4.78, 5) is 42.0. The van der Waals surface area contributed by atoms with Crippen LogP contribution in [0.5, 0.6) is 0 Å². The first-order chi connectivity index (χ1) is 15.9. The molecule has 0 aliphatic carbocycles. The van der Waals surface area contributed by atoms with Crippen LogP contribution in [-0.4, -0.2) is 40.6 Å². The lowest BCUT2D eigenvalue weighted by Gasteiger charge is -2.29.